The Labute approximate surface area is 208 Å². The Hall–Kier alpha value is -3.43. The first-order valence-electron chi connectivity index (χ1n) is 11.5. The summed E-state index contributed by atoms with van der Waals surface area (Å²) in [5, 5.41) is 16.2. The van der Waals surface area contributed by atoms with Gasteiger partial charge in [0.25, 0.3) is 5.91 Å². The van der Waals surface area contributed by atoms with Crippen molar-refractivity contribution in [3.63, 3.8) is 0 Å². The fourth-order valence-electron chi connectivity index (χ4n) is 4.36. The van der Waals surface area contributed by atoms with Gasteiger partial charge in [0.05, 0.1) is 10.6 Å². The van der Waals surface area contributed by atoms with Crippen molar-refractivity contribution >= 4 is 46.1 Å². The highest BCUT2D eigenvalue weighted by Crippen LogP contribution is 2.23. The van der Waals surface area contributed by atoms with E-state index >= 15 is 0 Å². The van der Waals surface area contributed by atoms with Crippen LogP contribution in [0, 0.1) is 0 Å². The highest BCUT2D eigenvalue weighted by atomic mass is 35.5. The van der Waals surface area contributed by atoms with E-state index in [1.165, 1.54) is 18.3 Å². The maximum absolute atomic E-state index is 13.3. The van der Waals surface area contributed by atoms with Crippen molar-refractivity contribution in [1.29, 1.82) is 0 Å². The van der Waals surface area contributed by atoms with E-state index in [4.69, 9.17) is 11.6 Å². The molecule has 0 radical (unpaired) electrons. The predicted molar refractivity (Wildman–Crippen MR) is 134 cm³/mol. The maximum atomic E-state index is 13.3. The Balaban J connectivity index is 1.58. The third-order valence-electron chi connectivity index (χ3n) is 6.27. The zero-order valence-corrected chi connectivity index (χ0v) is 20.4. The number of carboxylic acid groups (broad SMARTS) is 1. The Morgan fingerprint density at radius 1 is 1.14 bits per heavy atom. The fraction of sp³-hybridized carbons (Fsp3) is 0.360. The van der Waals surface area contributed by atoms with Crippen molar-refractivity contribution in [2.24, 2.45) is 0 Å². The average molecular weight is 498 g/mol. The summed E-state index contributed by atoms with van der Waals surface area (Å²) in [5.74, 6) is -1.39. The molecule has 9 nitrogen and oxygen atoms in total. The normalized spacial score (nSPS) is 14.9. The number of nitrogens with zero attached hydrogens (tertiary/aromatic N) is 3. The molecule has 1 aliphatic rings. The van der Waals surface area contributed by atoms with Gasteiger partial charge in [-0.3, -0.25) is 9.59 Å². The SMILES string of the molecule is CC(C)N1CCC(NC(=O)c2cc3cc(C(=O)O)ccc3n2CC(=O)Nc2ccc(Cl)cn2)CC1. The van der Waals surface area contributed by atoms with Crippen LogP contribution in [-0.4, -0.2) is 62.5 Å². The highest BCUT2D eigenvalue weighted by Gasteiger charge is 2.25. The first kappa shape index (κ1) is 24.7. The third-order valence-corrected chi connectivity index (χ3v) is 6.50. The van der Waals surface area contributed by atoms with E-state index in [9.17, 15) is 19.5 Å². The van der Waals surface area contributed by atoms with Crippen molar-refractivity contribution in [2.45, 2.75) is 45.3 Å². The lowest BCUT2D eigenvalue weighted by Crippen LogP contribution is -2.47. The number of fused-ring (bicyclic) bond motifs is 1. The van der Waals surface area contributed by atoms with Crippen LogP contribution in [0.5, 0.6) is 0 Å². The summed E-state index contributed by atoms with van der Waals surface area (Å²) in [6.07, 6.45) is 3.12. The second-order valence-corrected chi connectivity index (χ2v) is 9.42. The molecule has 1 aliphatic heterocycles. The molecule has 2 aromatic heterocycles. The van der Waals surface area contributed by atoms with Gasteiger partial charge in [0.2, 0.25) is 5.91 Å². The number of aromatic nitrogens is 2. The first-order valence-corrected chi connectivity index (χ1v) is 11.9. The van der Waals surface area contributed by atoms with Gasteiger partial charge < -0.3 is 25.2 Å². The number of carbonyl (C=O) groups is 3. The van der Waals surface area contributed by atoms with E-state index in [2.05, 4.69) is 34.4 Å². The van der Waals surface area contributed by atoms with Crippen LogP contribution in [0.2, 0.25) is 5.02 Å². The molecule has 0 saturated carbocycles. The van der Waals surface area contributed by atoms with Crippen LogP contribution in [-0.2, 0) is 11.3 Å². The van der Waals surface area contributed by atoms with Gasteiger partial charge in [0.15, 0.2) is 0 Å². The second-order valence-electron chi connectivity index (χ2n) is 8.98. The molecule has 0 atom stereocenters. The minimum Gasteiger partial charge on any atom is -0.478 e. The van der Waals surface area contributed by atoms with Gasteiger partial charge in [-0.05, 0) is 63.1 Å². The van der Waals surface area contributed by atoms with E-state index in [0.717, 1.165) is 25.9 Å². The fourth-order valence-corrected chi connectivity index (χ4v) is 4.47. The number of aromatic carboxylic acids is 1. The number of nitrogens with one attached hydrogen (secondary N) is 2. The quantitative estimate of drug-likeness (QED) is 0.459. The number of piperidine rings is 1. The third kappa shape index (κ3) is 5.80. The number of hydrogen-bond donors (Lipinski definition) is 3. The molecule has 3 N–H and O–H groups in total. The summed E-state index contributed by atoms with van der Waals surface area (Å²) in [4.78, 5) is 44.0. The van der Waals surface area contributed by atoms with Crippen LogP contribution in [0.15, 0.2) is 42.6 Å². The molecular formula is C25H28ClN5O4. The molecule has 1 fully saturated rings. The number of halogens is 1. The zero-order chi connectivity index (χ0) is 25.1. The minimum atomic E-state index is -1.06. The van der Waals surface area contributed by atoms with Crippen molar-refractivity contribution in [3.05, 3.63) is 58.9 Å². The minimum absolute atomic E-state index is 0.0330. The molecule has 35 heavy (non-hydrogen) atoms. The molecular weight excluding hydrogens is 470 g/mol. The number of likely N-dealkylation sites (tertiary alicyclic amines) is 1. The first-order chi connectivity index (χ1) is 16.7. The lowest BCUT2D eigenvalue weighted by Gasteiger charge is -2.34. The number of rotatable bonds is 7. The van der Waals surface area contributed by atoms with Gasteiger partial charge in [-0.15, -0.1) is 0 Å². The van der Waals surface area contributed by atoms with Gasteiger partial charge in [-0.1, -0.05) is 11.6 Å². The van der Waals surface area contributed by atoms with Crippen LogP contribution < -0.4 is 10.6 Å². The van der Waals surface area contributed by atoms with E-state index in [1.807, 2.05) is 0 Å². The van der Waals surface area contributed by atoms with Gasteiger partial charge in [-0.2, -0.15) is 0 Å². The monoisotopic (exact) mass is 497 g/mol. The molecule has 3 heterocycles. The highest BCUT2D eigenvalue weighted by molar-refractivity contribution is 6.30. The maximum Gasteiger partial charge on any atom is 0.335 e. The number of anilines is 1. The van der Waals surface area contributed by atoms with Crippen LogP contribution in [0.3, 0.4) is 0 Å². The number of carboxylic acids is 1. The largest absolute Gasteiger partial charge is 0.478 e. The summed E-state index contributed by atoms with van der Waals surface area (Å²) in [6.45, 7) is 5.99. The molecule has 0 bridgehead atoms. The van der Waals surface area contributed by atoms with Crippen LogP contribution in [0.1, 0.15) is 47.5 Å². The van der Waals surface area contributed by atoms with Gasteiger partial charge >= 0.3 is 5.97 Å². The summed E-state index contributed by atoms with van der Waals surface area (Å²) < 4.78 is 1.60. The Morgan fingerprint density at radius 2 is 1.89 bits per heavy atom. The molecule has 184 valence electrons. The number of carbonyl (C=O) groups excluding carboxylic acids is 2. The van der Waals surface area contributed by atoms with Crippen molar-refractivity contribution in [3.8, 4) is 0 Å². The number of amides is 2. The van der Waals surface area contributed by atoms with Crippen molar-refractivity contribution in [2.75, 3.05) is 18.4 Å². The van der Waals surface area contributed by atoms with Crippen LogP contribution in [0.25, 0.3) is 10.9 Å². The lowest BCUT2D eigenvalue weighted by molar-refractivity contribution is -0.116. The zero-order valence-electron chi connectivity index (χ0n) is 19.6. The molecule has 1 saturated heterocycles. The predicted octanol–water partition coefficient (Wildman–Crippen LogP) is 3.63. The Morgan fingerprint density at radius 3 is 2.51 bits per heavy atom. The molecule has 2 amide bonds. The lowest BCUT2D eigenvalue weighted by atomic mass is 10.0. The summed E-state index contributed by atoms with van der Waals surface area (Å²) in [6, 6.07) is 9.92. The molecule has 1 aromatic carbocycles. The van der Waals surface area contributed by atoms with Crippen LogP contribution >= 0.6 is 11.6 Å². The molecule has 0 aliphatic carbocycles. The molecule has 0 unspecified atom stereocenters. The summed E-state index contributed by atoms with van der Waals surface area (Å²) >= 11 is 5.85. The molecule has 3 aromatic rings. The number of pyridine rings is 1. The molecule has 10 heteroatoms. The summed E-state index contributed by atoms with van der Waals surface area (Å²) in [7, 11) is 0. The number of benzene rings is 1. The topological polar surface area (TPSA) is 117 Å². The van der Waals surface area contributed by atoms with Gasteiger partial charge in [0.1, 0.15) is 18.1 Å². The second kappa shape index (κ2) is 10.5. The summed E-state index contributed by atoms with van der Waals surface area (Å²) in [5.41, 5.74) is 1.000. The average Bonchev–Trinajstić information content (AvgIpc) is 3.18. The van der Waals surface area contributed by atoms with Crippen molar-refractivity contribution < 1.29 is 19.5 Å². The standard InChI is InChI=1S/C25H28ClN5O4/c1-15(2)30-9-7-19(8-10-30)28-24(33)21-12-17-11-16(25(34)35)3-5-20(17)31(21)14-23(32)29-22-6-4-18(26)13-27-22/h3-6,11-13,15,19H,7-10,14H2,1-2H3,(H,28,33)(H,34,35)(H,27,29,32). The van der Waals surface area contributed by atoms with E-state index in [0.29, 0.717) is 33.5 Å². The van der Waals surface area contributed by atoms with E-state index < -0.39 is 5.97 Å². The Bertz CT molecular complexity index is 1250. The van der Waals surface area contributed by atoms with Gasteiger partial charge in [-0.25, -0.2) is 9.78 Å². The van der Waals surface area contributed by atoms with E-state index in [1.54, 1.807) is 28.8 Å². The van der Waals surface area contributed by atoms with Crippen LogP contribution in [0.4, 0.5) is 5.82 Å². The van der Waals surface area contributed by atoms with Crippen molar-refractivity contribution in [1.82, 2.24) is 19.8 Å². The van der Waals surface area contributed by atoms with E-state index in [-0.39, 0.29) is 30.0 Å². The van der Waals surface area contributed by atoms with Gasteiger partial charge in [0, 0.05) is 42.3 Å². The Kier molecular flexibility index (Phi) is 7.37. The number of hydrogen-bond acceptors (Lipinski definition) is 5. The molecule has 4 rings (SSSR count). The molecule has 0 spiro atoms. The smallest absolute Gasteiger partial charge is 0.335 e.